The number of hydrogen-bond donors (Lipinski definition) is 0. The molecule has 0 spiro atoms. The lowest BCUT2D eigenvalue weighted by Gasteiger charge is -2.33. The SMILES string of the molecule is CCn1cc(CN2CCN(S(=O)(=O)c3ccc(OC)cc3)CC2)c(C)n1. The van der Waals surface area contributed by atoms with E-state index in [4.69, 9.17) is 4.74 Å². The number of nitrogens with zero attached hydrogens (tertiary/aromatic N) is 4. The summed E-state index contributed by atoms with van der Waals surface area (Å²) >= 11 is 0. The molecule has 0 bridgehead atoms. The number of benzene rings is 1. The Labute approximate surface area is 155 Å². The number of methoxy groups -OCH3 is 1. The number of hydrogen-bond acceptors (Lipinski definition) is 5. The molecule has 3 rings (SSSR count). The van der Waals surface area contributed by atoms with Gasteiger partial charge in [-0.2, -0.15) is 9.40 Å². The summed E-state index contributed by atoms with van der Waals surface area (Å²) in [5.41, 5.74) is 2.25. The van der Waals surface area contributed by atoms with Crippen LogP contribution in [0.5, 0.6) is 5.75 Å². The van der Waals surface area contributed by atoms with Crippen LogP contribution < -0.4 is 4.74 Å². The molecule has 1 fully saturated rings. The van der Waals surface area contributed by atoms with Crippen LogP contribution in [0.25, 0.3) is 0 Å². The maximum absolute atomic E-state index is 12.8. The van der Waals surface area contributed by atoms with Crippen molar-refractivity contribution in [3.05, 3.63) is 41.7 Å². The Morgan fingerprint density at radius 2 is 1.77 bits per heavy atom. The van der Waals surface area contributed by atoms with Crippen molar-refractivity contribution in [3.63, 3.8) is 0 Å². The van der Waals surface area contributed by atoms with E-state index >= 15 is 0 Å². The van der Waals surface area contributed by atoms with E-state index in [9.17, 15) is 8.42 Å². The summed E-state index contributed by atoms with van der Waals surface area (Å²) in [4.78, 5) is 2.59. The second-order valence-electron chi connectivity index (χ2n) is 6.45. The van der Waals surface area contributed by atoms with Gasteiger partial charge in [0, 0.05) is 51.0 Å². The van der Waals surface area contributed by atoms with E-state index in [1.165, 1.54) is 5.56 Å². The Bertz CT molecular complexity index is 838. The van der Waals surface area contributed by atoms with E-state index in [0.717, 1.165) is 18.8 Å². The van der Waals surface area contributed by atoms with Crippen LogP contribution in [-0.2, 0) is 23.1 Å². The molecule has 0 amide bonds. The molecule has 1 saturated heterocycles. The van der Waals surface area contributed by atoms with Crippen molar-refractivity contribution >= 4 is 10.0 Å². The Kier molecular flexibility index (Phi) is 5.64. The summed E-state index contributed by atoms with van der Waals surface area (Å²) < 4.78 is 34.2. The Morgan fingerprint density at radius 3 is 2.31 bits per heavy atom. The van der Waals surface area contributed by atoms with E-state index in [0.29, 0.717) is 36.8 Å². The monoisotopic (exact) mass is 378 g/mol. The fourth-order valence-corrected chi connectivity index (χ4v) is 4.56. The van der Waals surface area contributed by atoms with Gasteiger partial charge in [-0.15, -0.1) is 0 Å². The number of rotatable bonds is 6. The molecule has 1 aromatic carbocycles. The molecule has 142 valence electrons. The summed E-state index contributed by atoms with van der Waals surface area (Å²) in [7, 11) is -1.89. The lowest BCUT2D eigenvalue weighted by Crippen LogP contribution is -2.48. The van der Waals surface area contributed by atoms with Crippen LogP contribution in [0.15, 0.2) is 35.4 Å². The van der Waals surface area contributed by atoms with Crippen LogP contribution in [0.1, 0.15) is 18.2 Å². The van der Waals surface area contributed by atoms with Gasteiger partial charge >= 0.3 is 0 Å². The third kappa shape index (κ3) is 3.92. The molecule has 0 N–H and O–H groups in total. The third-order valence-electron chi connectivity index (χ3n) is 4.79. The molecule has 0 saturated carbocycles. The first-order valence-electron chi connectivity index (χ1n) is 8.83. The molecule has 7 nitrogen and oxygen atoms in total. The number of ether oxygens (including phenoxy) is 1. The highest BCUT2D eigenvalue weighted by Gasteiger charge is 2.28. The van der Waals surface area contributed by atoms with Crippen LogP contribution in [0, 0.1) is 6.92 Å². The van der Waals surface area contributed by atoms with Crippen LogP contribution in [0.3, 0.4) is 0 Å². The standard InChI is InChI=1S/C18H26N4O3S/c1-4-21-14-16(15(2)19-21)13-20-9-11-22(12-10-20)26(23,24)18-7-5-17(25-3)6-8-18/h5-8,14H,4,9-13H2,1-3H3. The fourth-order valence-electron chi connectivity index (χ4n) is 3.14. The summed E-state index contributed by atoms with van der Waals surface area (Å²) in [5.74, 6) is 0.650. The normalized spacial score (nSPS) is 16.7. The highest BCUT2D eigenvalue weighted by Crippen LogP contribution is 2.21. The van der Waals surface area contributed by atoms with E-state index in [1.807, 2.05) is 11.6 Å². The summed E-state index contributed by atoms with van der Waals surface area (Å²) in [6, 6.07) is 6.56. The topological polar surface area (TPSA) is 67.7 Å². The first-order valence-corrected chi connectivity index (χ1v) is 10.3. The van der Waals surface area contributed by atoms with Gasteiger partial charge in [-0.3, -0.25) is 9.58 Å². The number of piperazine rings is 1. The maximum atomic E-state index is 12.8. The van der Waals surface area contributed by atoms with Crippen LogP contribution in [-0.4, -0.2) is 60.7 Å². The van der Waals surface area contributed by atoms with Crippen molar-refractivity contribution in [2.45, 2.75) is 31.8 Å². The number of aryl methyl sites for hydroxylation is 2. The maximum Gasteiger partial charge on any atom is 0.243 e. The van der Waals surface area contributed by atoms with Crippen LogP contribution in [0.4, 0.5) is 0 Å². The molecule has 0 aliphatic carbocycles. The van der Waals surface area contributed by atoms with Gasteiger partial charge in [0.05, 0.1) is 17.7 Å². The smallest absolute Gasteiger partial charge is 0.243 e. The molecule has 1 aliphatic rings. The molecule has 0 atom stereocenters. The predicted molar refractivity (Wildman–Crippen MR) is 99.7 cm³/mol. The van der Waals surface area contributed by atoms with Gasteiger partial charge in [0.2, 0.25) is 10.0 Å². The van der Waals surface area contributed by atoms with Gasteiger partial charge in [0.25, 0.3) is 0 Å². The van der Waals surface area contributed by atoms with Crippen molar-refractivity contribution in [2.75, 3.05) is 33.3 Å². The van der Waals surface area contributed by atoms with Gasteiger partial charge in [-0.05, 0) is 38.1 Å². The first-order chi connectivity index (χ1) is 12.4. The first kappa shape index (κ1) is 18.9. The van der Waals surface area contributed by atoms with E-state index in [-0.39, 0.29) is 0 Å². The zero-order valence-electron chi connectivity index (χ0n) is 15.6. The van der Waals surface area contributed by atoms with Crippen molar-refractivity contribution in [1.29, 1.82) is 0 Å². The minimum atomic E-state index is -3.46. The molecule has 1 aromatic heterocycles. The molecule has 2 aromatic rings. The largest absolute Gasteiger partial charge is 0.497 e. The highest BCUT2D eigenvalue weighted by molar-refractivity contribution is 7.89. The Hall–Kier alpha value is -1.90. The second-order valence-corrected chi connectivity index (χ2v) is 8.39. The molecule has 0 unspecified atom stereocenters. The zero-order valence-corrected chi connectivity index (χ0v) is 16.4. The van der Waals surface area contributed by atoms with Crippen molar-refractivity contribution < 1.29 is 13.2 Å². The van der Waals surface area contributed by atoms with E-state index in [2.05, 4.69) is 23.1 Å². The zero-order chi connectivity index (χ0) is 18.7. The lowest BCUT2D eigenvalue weighted by molar-refractivity contribution is 0.181. The van der Waals surface area contributed by atoms with Gasteiger partial charge < -0.3 is 4.74 Å². The third-order valence-corrected chi connectivity index (χ3v) is 6.71. The molecule has 26 heavy (non-hydrogen) atoms. The molecule has 8 heteroatoms. The average molecular weight is 378 g/mol. The van der Waals surface area contributed by atoms with Gasteiger partial charge in [0.15, 0.2) is 0 Å². The van der Waals surface area contributed by atoms with E-state index < -0.39 is 10.0 Å². The minimum Gasteiger partial charge on any atom is -0.497 e. The van der Waals surface area contributed by atoms with Crippen molar-refractivity contribution in [2.24, 2.45) is 0 Å². The van der Waals surface area contributed by atoms with Gasteiger partial charge in [0.1, 0.15) is 5.75 Å². The predicted octanol–water partition coefficient (Wildman–Crippen LogP) is 1.73. The van der Waals surface area contributed by atoms with Gasteiger partial charge in [-0.25, -0.2) is 8.42 Å². The van der Waals surface area contributed by atoms with E-state index in [1.54, 1.807) is 35.7 Å². The average Bonchev–Trinajstić information content (AvgIpc) is 3.02. The van der Waals surface area contributed by atoms with Crippen LogP contribution >= 0.6 is 0 Å². The molecular weight excluding hydrogens is 352 g/mol. The minimum absolute atomic E-state index is 0.312. The molecule has 2 heterocycles. The fraction of sp³-hybridized carbons (Fsp3) is 0.500. The van der Waals surface area contributed by atoms with Crippen molar-refractivity contribution in [3.8, 4) is 5.75 Å². The molecular formula is C18H26N4O3S. The molecule has 1 aliphatic heterocycles. The number of aromatic nitrogens is 2. The Morgan fingerprint density at radius 1 is 1.12 bits per heavy atom. The second kappa shape index (κ2) is 7.77. The molecule has 0 radical (unpaired) electrons. The highest BCUT2D eigenvalue weighted by atomic mass is 32.2. The summed E-state index contributed by atoms with van der Waals surface area (Å²) in [5, 5.41) is 4.48. The van der Waals surface area contributed by atoms with Gasteiger partial charge in [-0.1, -0.05) is 0 Å². The number of sulfonamides is 1. The summed E-state index contributed by atoms with van der Waals surface area (Å²) in [6.45, 7) is 8.17. The Balaban J connectivity index is 1.62. The summed E-state index contributed by atoms with van der Waals surface area (Å²) in [6.07, 6.45) is 2.08. The van der Waals surface area contributed by atoms with Crippen LogP contribution in [0.2, 0.25) is 0 Å². The lowest BCUT2D eigenvalue weighted by atomic mass is 10.2. The quantitative estimate of drug-likeness (QED) is 0.766. The van der Waals surface area contributed by atoms with Crippen molar-refractivity contribution in [1.82, 2.24) is 19.0 Å².